The van der Waals surface area contributed by atoms with E-state index in [4.69, 9.17) is 4.52 Å². The van der Waals surface area contributed by atoms with E-state index in [2.05, 4.69) is 32.8 Å². The van der Waals surface area contributed by atoms with Crippen LogP contribution in [-0.2, 0) is 13.0 Å². The van der Waals surface area contributed by atoms with E-state index in [1.807, 2.05) is 60.7 Å². The Morgan fingerprint density at radius 2 is 1.94 bits per heavy atom. The predicted octanol–water partition coefficient (Wildman–Crippen LogP) is 3.81. The Morgan fingerprint density at radius 1 is 1.14 bits per heavy atom. The number of nitrogens with one attached hydrogen (secondary N) is 2. The van der Waals surface area contributed by atoms with Crippen LogP contribution in [0.4, 0.5) is 22.1 Å². The Bertz CT molecular complexity index is 1370. The van der Waals surface area contributed by atoms with Crippen molar-refractivity contribution in [2.24, 2.45) is 10.9 Å². The topological polar surface area (TPSA) is 119 Å². The first-order valence-electron chi connectivity index (χ1n) is 11.8. The molecule has 0 aliphatic heterocycles. The fourth-order valence-electron chi connectivity index (χ4n) is 4.07. The third kappa shape index (κ3) is 6.12. The number of carbonyl (C=O) groups is 1. The SMILES string of the molecule is C[C@@H]1C[C@H]1c1cc(N=C([O-])Cc2ccccc2)cc(NC(=O)Nc2c[n+](Cc3ccccn3)no2)c1. The van der Waals surface area contributed by atoms with E-state index in [-0.39, 0.29) is 18.2 Å². The zero-order chi connectivity index (χ0) is 24.9. The molecule has 2 aromatic carbocycles. The molecule has 36 heavy (non-hydrogen) atoms. The minimum atomic E-state index is -0.487. The van der Waals surface area contributed by atoms with Gasteiger partial charge in [-0.1, -0.05) is 43.3 Å². The molecule has 9 nitrogen and oxygen atoms in total. The van der Waals surface area contributed by atoms with E-state index >= 15 is 0 Å². The summed E-state index contributed by atoms with van der Waals surface area (Å²) in [5, 5.41) is 21.9. The van der Waals surface area contributed by atoms with Crippen LogP contribution in [0.15, 0.2) is 88.6 Å². The highest BCUT2D eigenvalue weighted by Crippen LogP contribution is 2.48. The summed E-state index contributed by atoms with van der Waals surface area (Å²) in [6, 6.07) is 20.2. The number of hydrogen-bond donors (Lipinski definition) is 2. The van der Waals surface area contributed by atoms with Crippen LogP contribution in [0, 0.1) is 5.92 Å². The third-order valence-electron chi connectivity index (χ3n) is 5.98. The summed E-state index contributed by atoms with van der Waals surface area (Å²) in [4.78, 5) is 21.2. The Hall–Kier alpha value is -4.53. The second kappa shape index (κ2) is 10.4. The smallest absolute Gasteiger partial charge is 0.326 e. The zero-order valence-electron chi connectivity index (χ0n) is 19.8. The lowest BCUT2D eigenvalue weighted by Gasteiger charge is -2.13. The van der Waals surface area contributed by atoms with Crippen molar-refractivity contribution in [1.82, 2.24) is 10.3 Å². The van der Waals surface area contributed by atoms with E-state index in [0.29, 0.717) is 29.8 Å². The van der Waals surface area contributed by atoms with E-state index in [9.17, 15) is 9.90 Å². The van der Waals surface area contributed by atoms with Crippen molar-refractivity contribution in [3.05, 3.63) is 95.9 Å². The van der Waals surface area contributed by atoms with Crippen molar-refractivity contribution in [1.29, 1.82) is 0 Å². The summed E-state index contributed by atoms with van der Waals surface area (Å²) in [7, 11) is 0. The number of amides is 2. The first-order chi connectivity index (χ1) is 17.5. The number of benzene rings is 2. The lowest BCUT2D eigenvalue weighted by atomic mass is 10.1. The molecule has 2 heterocycles. The predicted molar refractivity (Wildman–Crippen MR) is 133 cm³/mol. The quantitative estimate of drug-likeness (QED) is 0.225. The second-order valence-electron chi connectivity index (χ2n) is 8.96. The van der Waals surface area contributed by atoms with Crippen molar-refractivity contribution >= 4 is 29.2 Å². The number of aliphatic imine (C=N–C) groups is 1. The molecule has 0 saturated heterocycles. The fourth-order valence-corrected chi connectivity index (χ4v) is 4.07. The Kier molecular flexibility index (Phi) is 6.70. The minimum Gasteiger partial charge on any atom is -0.861 e. The monoisotopic (exact) mass is 482 g/mol. The van der Waals surface area contributed by atoms with Crippen LogP contribution < -0.4 is 20.4 Å². The Labute approximate surface area is 208 Å². The number of aromatic nitrogens is 3. The second-order valence-corrected chi connectivity index (χ2v) is 8.96. The molecule has 0 unspecified atom stereocenters. The molecular formula is C27H26N6O3. The molecule has 2 N–H and O–H groups in total. The molecule has 1 aliphatic rings. The number of rotatable bonds is 8. The van der Waals surface area contributed by atoms with Crippen LogP contribution in [0.3, 0.4) is 0 Å². The number of nitrogens with zero attached hydrogens (tertiary/aromatic N) is 4. The van der Waals surface area contributed by atoms with Gasteiger partial charge in [0.05, 0.1) is 5.69 Å². The number of pyridine rings is 1. The van der Waals surface area contributed by atoms with Crippen LogP contribution in [0.25, 0.3) is 0 Å². The normalized spacial score (nSPS) is 17.0. The fraction of sp³-hybridized carbons (Fsp3) is 0.222. The Morgan fingerprint density at radius 3 is 2.69 bits per heavy atom. The van der Waals surface area contributed by atoms with Gasteiger partial charge in [-0.3, -0.25) is 19.8 Å². The van der Waals surface area contributed by atoms with Gasteiger partial charge >= 0.3 is 11.9 Å². The highest BCUT2D eigenvalue weighted by Gasteiger charge is 2.34. The van der Waals surface area contributed by atoms with Gasteiger partial charge in [0.15, 0.2) is 0 Å². The molecule has 2 atom stereocenters. The number of anilines is 2. The first kappa shape index (κ1) is 23.2. The molecule has 4 aromatic rings. The van der Waals surface area contributed by atoms with Crippen LogP contribution >= 0.6 is 0 Å². The van der Waals surface area contributed by atoms with Crippen LogP contribution in [0.5, 0.6) is 0 Å². The first-order valence-corrected chi connectivity index (χ1v) is 11.8. The van der Waals surface area contributed by atoms with Gasteiger partial charge in [0.1, 0.15) is 5.69 Å². The lowest BCUT2D eigenvalue weighted by molar-refractivity contribution is -0.755. The van der Waals surface area contributed by atoms with E-state index in [1.165, 1.54) is 0 Å². The van der Waals surface area contributed by atoms with Crippen LogP contribution in [0.1, 0.15) is 36.1 Å². The van der Waals surface area contributed by atoms with Gasteiger partial charge in [-0.05, 0) is 70.3 Å². The summed E-state index contributed by atoms with van der Waals surface area (Å²) < 4.78 is 6.76. The molecule has 1 aliphatic carbocycles. The summed E-state index contributed by atoms with van der Waals surface area (Å²) >= 11 is 0. The maximum atomic E-state index is 12.7. The highest BCUT2D eigenvalue weighted by molar-refractivity contribution is 5.99. The van der Waals surface area contributed by atoms with Gasteiger partial charge in [-0.2, -0.15) is 0 Å². The summed E-state index contributed by atoms with van der Waals surface area (Å²) in [6.45, 7) is 2.59. The molecular weight excluding hydrogens is 456 g/mol. The standard InChI is InChI=1S/C27H26N6O3/c1-18-11-24(18)20-13-22(29-25(34)12-19-7-3-2-4-8-19)15-23(14-20)30-27(35)31-26-17-33(32-36-26)16-21-9-5-6-10-28-21/h2-10,13-15,17-18,24H,11-12,16H2,1H3,(H2-,29,30,31,32,34,35)/t18-,24-/m1/s1. The van der Waals surface area contributed by atoms with Crippen LogP contribution in [-0.4, -0.2) is 22.2 Å². The maximum absolute atomic E-state index is 12.7. The van der Waals surface area contributed by atoms with Crippen LogP contribution in [0.2, 0.25) is 0 Å². The summed E-state index contributed by atoms with van der Waals surface area (Å²) in [5.74, 6) is 0.911. The lowest BCUT2D eigenvalue weighted by Crippen LogP contribution is -2.35. The number of urea groups is 1. The molecule has 1 saturated carbocycles. The van der Waals surface area contributed by atoms with Gasteiger partial charge in [0.25, 0.3) is 6.20 Å². The van der Waals surface area contributed by atoms with E-state index in [1.54, 1.807) is 23.1 Å². The highest BCUT2D eigenvalue weighted by atomic mass is 16.5. The van der Waals surface area contributed by atoms with E-state index in [0.717, 1.165) is 23.2 Å². The van der Waals surface area contributed by atoms with Gasteiger partial charge in [-0.25, -0.2) is 4.79 Å². The van der Waals surface area contributed by atoms with Gasteiger partial charge < -0.3 is 10.4 Å². The molecule has 2 amide bonds. The van der Waals surface area contributed by atoms with Crippen molar-refractivity contribution in [3.8, 4) is 0 Å². The van der Waals surface area contributed by atoms with Gasteiger partial charge in [0, 0.05) is 18.3 Å². The minimum absolute atomic E-state index is 0.193. The average molecular weight is 483 g/mol. The molecule has 0 radical (unpaired) electrons. The van der Waals surface area contributed by atoms with Gasteiger partial charge in [-0.15, -0.1) is 0 Å². The van der Waals surface area contributed by atoms with E-state index < -0.39 is 6.03 Å². The maximum Gasteiger partial charge on any atom is 0.326 e. The van der Waals surface area contributed by atoms with Crippen molar-refractivity contribution < 1.29 is 19.1 Å². The molecule has 5 rings (SSSR count). The number of carbonyl (C=O) groups excluding carboxylic acids is 1. The molecule has 0 spiro atoms. The summed E-state index contributed by atoms with van der Waals surface area (Å²) in [5.41, 5.74) is 3.85. The molecule has 182 valence electrons. The third-order valence-corrected chi connectivity index (χ3v) is 5.98. The molecule has 9 heteroatoms. The molecule has 2 aromatic heterocycles. The average Bonchev–Trinajstić information content (AvgIpc) is 3.44. The van der Waals surface area contributed by atoms with Crippen molar-refractivity contribution in [3.63, 3.8) is 0 Å². The van der Waals surface area contributed by atoms with Crippen molar-refractivity contribution in [2.45, 2.75) is 32.2 Å². The number of hydrogen-bond acceptors (Lipinski definition) is 6. The Balaban J connectivity index is 1.27. The molecule has 1 fully saturated rings. The summed E-state index contributed by atoms with van der Waals surface area (Å²) in [6.07, 6.45) is 4.58. The van der Waals surface area contributed by atoms with Crippen molar-refractivity contribution in [2.75, 3.05) is 10.6 Å². The van der Waals surface area contributed by atoms with Gasteiger partial charge in [0.2, 0.25) is 11.8 Å². The molecule has 0 bridgehead atoms. The largest absolute Gasteiger partial charge is 0.861 e. The zero-order valence-corrected chi connectivity index (χ0v) is 19.8.